The fourth-order valence-electron chi connectivity index (χ4n) is 0.786. The Kier molecular flexibility index (Phi) is 4.02. The number of nitrogens with zero attached hydrogens (tertiary/aromatic N) is 1. The Morgan fingerprint density at radius 1 is 1.20 bits per heavy atom. The summed E-state index contributed by atoms with van der Waals surface area (Å²) in [6.07, 6.45) is 4.47. The molecule has 15 heavy (non-hydrogen) atoms. The molecule has 2 N–H and O–H groups in total. The molecule has 5 nitrogen and oxygen atoms in total. The van der Waals surface area contributed by atoms with Gasteiger partial charge in [-0.2, -0.15) is 0 Å². The number of hydrogen-bond donors (Lipinski definition) is 1. The summed E-state index contributed by atoms with van der Waals surface area (Å²) in [5.41, 5.74) is 0. The van der Waals surface area contributed by atoms with E-state index in [4.69, 9.17) is 5.14 Å². The van der Waals surface area contributed by atoms with Gasteiger partial charge in [0, 0.05) is 0 Å². The van der Waals surface area contributed by atoms with Crippen LogP contribution in [0.4, 0.5) is 0 Å². The van der Waals surface area contributed by atoms with Crippen molar-refractivity contribution in [3.63, 3.8) is 0 Å². The van der Waals surface area contributed by atoms with E-state index in [1.807, 2.05) is 0 Å². The number of nitrogens with two attached hydrogens (primary N) is 1. The summed E-state index contributed by atoms with van der Waals surface area (Å²) >= 11 is 0. The maximum atomic E-state index is 10.6. The standard InChI is InChI=1S/C6H7NO2S.C3H3NO/c7-10(8,9)6-4-2-1-3-5-6;1-2-5-3-4-1/h1-5H,(H2,7,8,9);1-3H. The molecule has 1 heterocycles. The van der Waals surface area contributed by atoms with Gasteiger partial charge >= 0.3 is 0 Å². The van der Waals surface area contributed by atoms with Crippen LogP contribution in [0.3, 0.4) is 0 Å². The van der Waals surface area contributed by atoms with Gasteiger partial charge in [0.25, 0.3) is 0 Å². The molecule has 0 unspecified atom stereocenters. The van der Waals surface area contributed by atoms with E-state index < -0.39 is 10.0 Å². The lowest BCUT2D eigenvalue weighted by Crippen LogP contribution is -2.11. The fraction of sp³-hybridized carbons (Fsp3) is 0. The van der Waals surface area contributed by atoms with Crippen molar-refractivity contribution in [2.45, 2.75) is 4.90 Å². The number of sulfonamides is 1. The van der Waals surface area contributed by atoms with E-state index in [1.165, 1.54) is 24.8 Å². The number of aromatic nitrogens is 1. The molecule has 2 rings (SSSR count). The van der Waals surface area contributed by atoms with Crippen LogP contribution in [0.25, 0.3) is 0 Å². The third-order valence-electron chi connectivity index (χ3n) is 1.42. The summed E-state index contributed by atoms with van der Waals surface area (Å²) < 4.78 is 25.7. The number of benzene rings is 1. The molecule has 80 valence electrons. The number of oxazole rings is 1. The zero-order chi connectivity index (χ0) is 11.1. The van der Waals surface area contributed by atoms with Gasteiger partial charge in [-0.1, -0.05) is 18.2 Å². The highest BCUT2D eigenvalue weighted by molar-refractivity contribution is 7.89. The summed E-state index contributed by atoms with van der Waals surface area (Å²) in [6, 6.07) is 7.89. The van der Waals surface area contributed by atoms with Gasteiger partial charge < -0.3 is 4.42 Å². The molecule has 0 fully saturated rings. The predicted molar refractivity (Wildman–Crippen MR) is 54.3 cm³/mol. The molecule has 0 radical (unpaired) electrons. The van der Waals surface area contributed by atoms with Crippen molar-refractivity contribution >= 4 is 10.0 Å². The first-order valence-corrected chi connectivity index (χ1v) is 5.55. The second-order valence-electron chi connectivity index (χ2n) is 2.53. The fourth-order valence-corrected chi connectivity index (χ4v) is 1.32. The third kappa shape index (κ3) is 4.39. The van der Waals surface area contributed by atoms with Crippen molar-refractivity contribution in [1.82, 2.24) is 4.98 Å². The first kappa shape index (κ1) is 11.4. The number of primary sulfonamides is 1. The van der Waals surface area contributed by atoms with Crippen molar-refractivity contribution in [2.75, 3.05) is 0 Å². The van der Waals surface area contributed by atoms with Gasteiger partial charge in [0.1, 0.15) is 6.26 Å². The lowest BCUT2D eigenvalue weighted by atomic mass is 10.4. The molecule has 2 aromatic rings. The van der Waals surface area contributed by atoms with E-state index in [0.717, 1.165) is 0 Å². The monoisotopic (exact) mass is 226 g/mol. The highest BCUT2D eigenvalue weighted by atomic mass is 32.2. The molecule has 0 saturated heterocycles. The Morgan fingerprint density at radius 3 is 2.13 bits per heavy atom. The van der Waals surface area contributed by atoms with Crippen molar-refractivity contribution in [3.8, 4) is 0 Å². The van der Waals surface area contributed by atoms with Crippen molar-refractivity contribution in [1.29, 1.82) is 0 Å². The number of rotatable bonds is 1. The van der Waals surface area contributed by atoms with E-state index in [-0.39, 0.29) is 4.90 Å². The minimum atomic E-state index is -3.50. The van der Waals surface area contributed by atoms with E-state index in [0.29, 0.717) is 0 Å². The zero-order valence-electron chi connectivity index (χ0n) is 7.78. The summed E-state index contributed by atoms with van der Waals surface area (Å²) in [6.45, 7) is 0. The normalized spacial score (nSPS) is 10.2. The van der Waals surface area contributed by atoms with Crippen LogP contribution in [0.2, 0.25) is 0 Å². The molecule has 0 atom stereocenters. The maximum Gasteiger partial charge on any atom is 0.238 e. The second-order valence-corrected chi connectivity index (χ2v) is 4.10. The van der Waals surface area contributed by atoms with Gasteiger partial charge in [-0.25, -0.2) is 18.5 Å². The van der Waals surface area contributed by atoms with Gasteiger partial charge in [0.05, 0.1) is 11.1 Å². The average molecular weight is 226 g/mol. The highest BCUT2D eigenvalue weighted by Crippen LogP contribution is 2.02. The van der Waals surface area contributed by atoms with Gasteiger partial charge in [-0.3, -0.25) is 0 Å². The van der Waals surface area contributed by atoms with Crippen LogP contribution in [0.5, 0.6) is 0 Å². The van der Waals surface area contributed by atoms with Crippen LogP contribution in [0.15, 0.2) is 58.5 Å². The summed E-state index contributed by atoms with van der Waals surface area (Å²) in [5.74, 6) is 0. The topological polar surface area (TPSA) is 86.2 Å². The highest BCUT2D eigenvalue weighted by Gasteiger charge is 2.03. The van der Waals surface area contributed by atoms with Crippen molar-refractivity contribution < 1.29 is 12.8 Å². The van der Waals surface area contributed by atoms with E-state index in [9.17, 15) is 8.42 Å². The van der Waals surface area contributed by atoms with Crippen LogP contribution < -0.4 is 5.14 Å². The van der Waals surface area contributed by atoms with Crippen molar-refractivity contribution in [3.05, 3.63) is 49.2 Å². The lowest BCUT2D eigenvalue weighted by Gasteiger charge is -1.93. The van der Waals surface area contributed by atoms with Gasteiger partial charge in [-0.05, 0) is 12.1 Å². The molecule has 1 aromatic heterocycles. The van der Waals surface area contributed by atoms with E-state index >= 15 is 0 Å². The molecular formula is C9H10N2O3S. The molecule has 0 saturated carbocycles. The smallest absolute Gasteiger partial charge is 0.238 e. The molecule has 0 aliphatic rings. The average Bonchev–Trinajstić information content (AvgIpc) is 2.76. The van der Waals surface area contributed by atoms with Crippen LogP contribution >= 0.6 is 0 Å². The Morgan fingerprint density at radius 2 is 1.87 bits per heavy atom. The van der Waals surface area contributed by atoms with Gasteiger partial charge in [0.2, 0.25) is 10.0 Å². The molecule has 6 heteroatoms. The Labute approximate surface area is 87.6 Å². The van der Waals surface area contributed by atoms with E-state index in [2.05, 4.69) is 9.40 Å². The van der Waals surface area contributed by atoms with Crippen molar-refractivity contribution in [2.24, 2.45) is 5.14 Å². The first-order chi connectivity index (χ1) is 7.11. The summed E-state index contributed by atoms with van der Waals surface area (Å²) in [4.78, 5) is 3.70. The number of hydrogen-bond acceptors (Lipinski definition) is 4. The molecule has 0 aliphatic heterocycles. The summed E-state index contributed by atoms with van der Waals surface area (Å²) in [7, 11) is -3.50. The molecule has 0 amide bonds. The van der Waals surface area contributed by atoms with Crippen LogP contribution in [0.1, 0.15) is 0 Å². The second kappa shape index (κ2) is 5.28. The SMILES string of the molecule is NS(=O)(=O)c1ccccc1.c1cocn1. The van der Waals surface area contributed by atoms with Crippen LogP contribution in [-0.2, 0) is 10.0 Å². The van der Waals surface area contributed by atoms with Gasteiger partial charge in [-0.15, -0.1) is 0 Å². The maximum absolute atomic E-state index is 10.6. The molecular weight excluding hydrogens is 216 g/mol. The minimum Gasteiger partial charge on any atom is -0.452 e. The molecule has 1 aromatic carbocycles. The Balaban J connectivity index is 0.000000187. The van der Waals surface area contributed by atoms with E-state index in [1.54, 1.807) is 24.4 Å². The molecule has 0 spiro atoms. The Bertz CT molecular complexity index is 448. The van der Waals surface area contributed by atoms with Gasteiger partial charge in [0.15, 0.2) is 6.39 Å². The molecule has 0 aliphatic carbocycles. The molecule has 0 bridgehead atoms. The first-order valence-electron chi connectivity index (χ1n) is 4.00. The third-order valence-corrected chi connectivity index (χ3v) is 2.35. The lowest BCUT2D eigenvalue weighted by molar-refractivity contribution is 0.558. The Hall–Kier alpha value is -1.66. The largest absolute Gasteiger partial charge is 0.452 e. The quantitative estimate of drug-likeness (QED) is 0.786. The predicted octanol–water partition coefficient (Wildman–Crippen LogP) is 1.01. The minimum absolute atomic E-state index is 0.148. The van der Waals surface area contributed by atoms with Crippen LogP contribution in [-0.4, -0.2) is 13.4 Å². The van der Waals surface area contributed by atoms with Crippen LogP contribution in [0, 0.1) is 0 Å². The summed E-state index contributed by atoms with van der Waals surface area (Å²) in [5, 5.41) is 4.83. The zero-order valence-corrected chi connectivity index (χ0v) is 8.59.